The molecule has 1 aliphatic rings. The minimum atomic E-state index is -4.42. The highest BCUT2D eigenvalue weighted by molar-refractivity contribution is 8.00. The quantitative estimate of drug-likeness (QED) is 0.689. The van der Waals surface area contributed by atoms with Crippen LogP contribution in [0, 0.1) is 0 Å². The molecule has 2 heterocycles. The van der Waals surface area contributed by atoms with Crippen LogP contribution in [-0.4, -0.2) is 57.0 Å². The van der Waals surface area contributed by atoms with Crippen molar-refractivity contribution in [3.8, 4) is 0 Å². The largest absolute Gasteiger partial charge is 0.446 e. The number of anilines is 1. The third-order valence-electron chi connectivity index (χ3n) is 4.47. The number of hydrogen-bond acceptors (Lipinski definition) is 6. The summed E-state index contributed by atoms with van der Waals surface area (Å²) in [5.74, 6) is 0.795. The van der Waals surface area contributed by atoms with E-state index in [9.17, 15) is 21.6 Å². The predicted molar refractivity (Wildman–Crippen MR) is 106 cm³/mol. The van der Waals surface area contributed by atoms with Crippen molar-refractivity contribution in [3.05, 3.63) is 48.2 Å². The van der Waals surface area contributed by atoms with Crippen LogP contribution in [0.15, 0.2) is 52.4 Å². The molecule has 6 nitrogen and oxygen atoms in total. The predicted octanol–water partition coefficient (Wildman–Crippen LogP) is 2.92. The summed E-state index contributed by atoms with van der Waals surface area (Å²) in [6, 6.07) is 8.19. The van der Waals surface area contributed by atoms with Crippen molar-refractivity contribution in [3.63, 3.8) is 0 Å². The van der Waals surface area contributed by atoms with E-state index in [1.807, 2.05) is 6.07 Å². The fraction of sp³-hybridized carbons (Fsp3) is 0.389. The number of alkyl halides is 3. The van der Waals surface area contributed by atoms with Crippen molar-refractivity contribution < 1.29 is 21.6 Å². The molecule has 158 valence electrons. The second-order valence-electron chi connectivity index (χ2n) is 6.66. The molecule has 1 N–H and O–H groups in total. The molecule has 0 amide bonds. The van der Waals surface area contributed by atoms with Crippen molar-refractivity contribution in [2.45, 2.75) is 21.8 Å². The van der Waals surface area contributed by atoms with Crippen LogP contribution >= 0.6 is 11.8 Å². The van der Waals surface area contributed by atoms with Crippen molar-refractivity contribution >= 4 is 27.6 Å². The Kier molecular flexibility index (Phi) is 6.72. The summed E-state index contributed by atoms with van der Waals surface area (Å²) in [5.41, 5.74) is -3.66. The van der Waals surface area contributed by atoms with E-state index in [2.05, 4.69) is 26.6 Å². The minimum Gasteiger partial charge on any atom is -0.354 e. The highest BCUT2D eigenvalue weighted by atomic mass is 32.2. The molecule has 0 unspecified atom stereocenters. The van der Waals surface area contributed by atoms with Gasteiger partial charge in [0.15, 0.2) is 0 Å². The Morgan fingerprint density at radius 1 is 1.10 bits per heavy atom. The van der Waals surface area contributed by atoms with Gasteiger partial charge in [-0.25, -0.2) is 18.1 Å². The van der Waals surface area contributed by atoms with Gasteiger partial charge in [0.05, 0.1) is 4.90 Å². The SMILES string of the molecule is CN1CCN(c2cc(CNS(=O)(=O)c3ccc(SC(F)(F)F)cc3)ccn2)CC1. The van der Waals surface area contributed by atoms with E-state index >= 15 is 0 Å². The number of halogens is 3. The van der Waals surface area contributed by atoms with E-state index in [4.69, 9.17) is 0 Å². The molecule has 0 atom stereocenters. The molecule has 0 spiro atoms. The molecule has 11 heteroatoms. The molecule has 2 aromatic rings. The monoisotopic (exact) mass is 446 g/mol. The van der Waals surface area contributed by atoms with E-state index in [-0.39, 0.29) is 28.1 Å². The molecule has 29 heavy (non-hydrogen) atoms. The summed E-state index contributed by atoms with van der Waals surface area (Å²) < 4.78 is 64.6. The molecule has 0 saturated carbocycles. The fourth-order valence-electron chi connectivity index (χ4n) is 2.86. The van der Waals surface area contributed by atoms with Gasteiger partial charge in [0, 0.05) is 43.8 Å². The lowest BCUT2D eigenvalue weighted by atomic mass is 10.2. The fourth-order valence-corrected chi connectivity index (χ4v) is 4.42. The van der Waals surface area contributed by atoms with Gasteiger partial charge in [-0.1, -0.05) is 0 Å². The van der Waals surface area contributed by atoms with Crippen LogP contribution in [0.5, 0.6) is 0 Å². The van der Waals surface area contributed by atoms with Gasteiger partial charge in [0.1, 0.15) is 5.82 Å². The van der Waals surface area contributed by atoms with Crippen molar-refractivity contribution in [2.24, 2.45) is 0 Å². The highest BCUT2D eigenvalue weighted by Crippen LogP contribution is 2.36. The number of likely N-dealkylation sites (N-methyl/N-ethyl adjacent to an activating group) is 1. The molecule has 0 radical (unpaired) electrons. The summed E-state index contributed by atoms with van der Waals surface area (Å²) in [6.07, 6.45) is 1.64. The zero-order valence-corrected chi connectivity index (χ0v) is 17.3. The summed E-state index contributed by atoms with van der Waals surface area (Å²) in [7, 11) is -1.79. The van der Waals surface area contributed by atoms with Gasteiger partial charge < -0.3 is 9.80 Å². The molecular weight excluding hydrogens is 425 g/mol. The maximum Gasteiger partial charge on any atom is 0.446 e. The number of pyridine rings is 1. The normalized spacial score (nSPS) is 16.2. The number of nitrogens with zero attached hydrogens (tertiary/aromatic N) is 3. The Balaban J connectivity index is 1.63. The number of hydrogen-bond donors (Lipinski definition) is 1. The number of piperazine rings is 1. The molecule has 1 fully saturated rings. The number of rotatable bonds is 6. The van der Waals surface area contributed by atoms with Crippen LogP contribution in [0.4, 0.5) is 19.0 Å². The van der Waals surface area contributed by atoms with Gasteiger partial charge >= 0.3 is 5.51 Å². The average molecular weight is 447 g/mol. The van der Waals surface area contributed by atoms with Crippen LogP contribution in [0.2, 0.25) is 0 Å². The first kappa shape index (κ1) is 21.9. The lowest BCUT2D eigenvalue weighted by molar-refractivity contribution is -0.0328. The molecule has 1 saturated heterocycles. The molecule has 1 aliphatic heterocycles. The lowest BCUT2D eigenvalue weighted by Crippen LogP contribution is -2.44. The molecule has 3 rings (SSSR count). The van der Waals surface area contributed by atoms with Crippen LogP contribution in [0.25, 0.3) is 0 Å². The first-order valence-corrected chi connectivity index (χ1v) is 11.2. The third kappa shape index (κ3) is 6.33. The van der Waals surface area contributed by atoms with Crippen LogP contribution in [0.1, 0.15) is 5.56 Å². The zero-order chi connectivity index (χ0) is 21.1. The second kappa shape index (κ2) is 8.90. The average Bonchev–Trinajstić information content (AvgIpc) is 2.66. The van der Waals surface area contributed by atoms with Crippen molar-refractivity contribution in [2.75, 3.05) is 38.1 Å². The molecule has 0 aliphatic carbocycles. The molecule has 1 aromatic heterocycles. The Morgan fingerprint density at radius 2 is 1.76 bits per heavy atom. The Labute approximate surface area is 172 Å². The van der Waals surface area contributed by atoms with Crippen molar-refractivity contribution in [1.82, 2.24) is 14.6 Å². The third-order valence-corrected chi connectivity index (χ3v) is 6.63. The van der Waals surface area contributed by atoms with E-state index < -0.39 is 15.5 Å². The summed E-state index contributed by atoms with van der Waals surface area (Å²) in [5, 5.41) is 0. The maximum atomic E-state index is 12.5. The van der Waals surface area contributed by atoms with Gasteiger partial charge in [-0.3, -0.25) is 0 Å². The number of sulfonamides is 1. The van der Waals surface area contributed by atoms with Gasteiger partial charge in [0.25, 0.3) is 0 Å². The standard InChI is InChI=1S/C18H21F3N4O2S2/c1-24-8-10-25(11-9-24)17-12-14(6-7-22-17)13-23-29(26,27)16-4-2-15(3-5-16)28-18(19,20)21/h2-7,12,23H,8-11,13H2,1H3. The van der Waals surface area contributed by atoms with Crippen LogP contribution < -0.4 is 9.62 Å². The summed E-state index contributed by atoms with van der Waals surface area (Å²) in [6.45, 7) is 3.62. The van der Waals surface area contributed by atoms with Crippen LogP contribution in [-0.2, 0) is 16.6 Å². The van der Waals surface area contributed by atoms with Crippen molar-refractivity contribution in [1.29, 1.82) is 0 Å². The number of nitrogens with one attached hydrogen (secondary N) is 1. The van der Waals surface area contributed by atoms with Gasteiger partial charge in [0.2, 0.25) is 10.0 Å². The first-order chi connectivity index (χ1) is 13.6. The first-order valence-electron chi connectivity index (χ1n) is 8.86. The number of benzene rings is 1. The van der Waals surface area contributed by atoms with E-state index in [1.54, 1.807) is 12.3 Å². The minimum absolute atomic E-state index is 0.0602. The zero-order valence-electron chi connectivity index (χ0n) is 15.7. The summed E-state index contributed by atoms with van der Waals surface area (Å²) >= 11 is -0.284. The Bertz CT molecular complexity index is 929. The summed E-state index contributed by atoms with van der Waals surface area (Å²) in [4.78, 5) is 8.59. The molecular formula is C18H21F3N4O2S2. The molecule has 0 bridgehead atoms. The van der Waals surface area contributed by atoms with E-state index in [0.29, 0.717) is 0 Å². The number of aromatic nitrogens is 1. The second-order valence-corrected chi connectivity index (χ2v) is 9.56. The van der Waals surface area contributed by atoms with Gasteiger partial charge in [-0.15, -0.1) is 0 Å². The van der Waals surface area contributed by atoms with Crippen LogP contribution in [0.3, 0.4) is 0 Å². The Hall–Kier alpha value is -1.82. The van der Waals surface area contributed by atoms with Gasteiger partial charge in [-0.2, -0.15) is 13.2 Å². The topological polar surface area (TPSA) is 65.5 Å². The number of thioether (sulfide) groups is 1. The van der Waals surface area contributed by atoms with E-state index in [0.717, 1.165) is 49.7 Å². The Morgan fingerprint density at radius 3 is 2.38 bits per heavy atom. The maximum absolute atomic E-state index is 12.5. The lowest BCUT2D eigenvalue weighted by Gasteiger charge is -2.33. The smallest absolute Gasteiger partial charge is 0.354 e. The highest BCUT2D eigenvalue weighted by Gasteiger charge is 2.29. The molecule has 1 aromatic carbocycles. The van der Waals surface area contributed by atoms with E-state index in [1.165, 1.54) is 12.1 Å². The van der Waals surface area contributed by atoms with Gasteiger partial charge in [-0.05, 0) is 60.8 Å².